The molecule has 1 N–H and O–H groups in total. The smallest absolute Gasteiger partial charge is 0.319 e. The number of nitrogens with zero attached hydrogens (tertiary/aromatic N) is 3. The van der Waals surface area contributed by atoms with Crippen molar-refractivity contribution in [3.63, 3.8) is 0 Å². The number of hydrogen-bond donors (Lipinski definition) is 1. The number of aromatic nitrogens is 2. The zero-order valence-corrected chi connectivity index (χ0v) is 18.7. The van der Waals surface area contributed by atoms with Crippen LogP contribution in [0.5, 0.6) is 17.6 Å². The van der Waals surface area contributed by atoms with Crippen molar-refractivity contribution in [1.29, 1.82) is 0 Å². The molecule has 2 aliphatic rings. The molecule has 0 amide bonds. The SMILES string of the molecule is CCOc1ncc(C2(O)[C@H]3CCC[C@H]2CN(Cc2cccc(OC)c2)C3)c(OCC)n1. The molecule has 4 rings (SSSR count). The maximum absolute atomic E-state index is 12.1. The first-order valence-corrected chi connectivity index (χ1v) is 11.3. The number of hydrogen-bond acceptors (Lipinski definition) is 7. The zero-order valence-electron chi connectivity index (χ0n) is 18.7. The number of likely N-dealkylation sites (tertiary alicyclic amines) is 1. The fourth-order valence-electron chi connectivity index (χ4n) is 5.21. The Labute approximate surface area is 184 Å². The second-order valence-corrected chi connectivity index (χ2v) is 8.43. The summed E-state index contributed by atoms with van der Waals surface area (Å²) in [6.07, 6.45) is 4.79. The van der Waals surface area contributed by atoms with E-state index < -0.39 is 5.60 Å². The highest BCUT2D eigenvalue weighted by atomic mass is 16.5. The summed E-state index contributed by atoms with van der Waals surface area (Å²) in [5, 5.41) is 12.1. The molecule has 31 heavy (non-hydrogen) atoms. The van der Waals surface area contributed by atoms with E-state index in [9.17, 15) is 5.11 Å². The minimum atomic E-state index is -0.988. The molecule has 1 saturated carbocycles. The largest absolute Gasteiger partial charge is 0.497 e. The highest BCUT2D eigenvalue weighted by molar-refractivity contribution is 5.35. The van der Waals surface area contributed by atoms with Crippen LogP contribution in [0.25, 0.3) is 0 Å². The van der Waals surface area contributed by atoms with Gasteiger partial charge in [-0.3, -0.25) is 4.90 Å². The predicted octanol–water partition coefficient (Wildman–Crippen LogP) is 3.40. The molecule has 1 aromatic carbocycles. The maximum atomic E-state index is 12.1. The van der Waals surface area contributed by atoms with Gasteiger partial charge in [0.15, 0.2) is 0 Å². The van der Waals surface area contributed by atoms with Crippen molar-refractivity contribution in [2.45, 2.75) is 45.3 Å². The molecule has 7 heteroatoms. The average molecular weight is 428 g/mol. The van der Waals surface area contributed by atoms with E-state index in [4.69, 9.17) is 14.2 Å². The first-order chi connectivity index (χ1) is 15.1. The van der Waals surface area contributed by atoms with E-state index >= 15 is 0 Å². The summed E-state index contributed by atoms with van der Waals surface area (Å²) in [5.41, 5.74) is 0.939. The molecule has 2 heterocycles. The highest BCUT2D eigenvalue weighted by Gasteiger charge is 2.53. The summed E-state index contributed by atoms with van der Waals surface area (Å²) >= 11 is 0. The van der Waals surface area contributed by atoms with Crippen LogP contribution in [0.3, 0.4) is 0 Å². The van der Waals surface area contributed by atoms with Crippen LogP contribution in [0.1, 0.15) is 44.2 Å². The van der Waals surface area contributed by atoms with Gasteiger partial charge in [-0.1, -0.05) is 18.6 Å². The van der Waals surface area contributed by atoms with Gasteiger partial charge in [-0.05, 0) is 44.4 Å². The van der Waals surface area contributed by atoms with Gasteiger partial charge in [0.05, 0.1) is 25.9 Å². The van der Waals surface area contributed by atoms with Gasteiger partial charge < -0.3 is 19.3 Å². The summed E-state index contributed by atoms with van der Waals surface area (Å²) in [6, 6.07) is 8.50. The molecule has 7 nitrogen and oxygen atoms in total. The standard InChI is InChI=1S/C24H33N3O4/c1-4-30-22-21(13-25-23(26-22)31-5-2)24(28)18-9-7-10-19(24)16-27(15-18)14-17-8-6-11-20(12-17)29-3/h6,8,11-13,18-19,28H,4-5,7,9-10,14-16H2,1-3H3/t18-,19-/m0/s1. The molecule has 1 aliphatic carbocycles. The fraction of sp³-hybridized carbons (Fsp3) is 0.583. The van der Waals surface area contributed by atoms with Crippen LogP contribution in [0, 0.1) is 11.8 Å². The lowest BCUT2D eigenvalue weighted by atomic mass is 9.63. The van der Waals surface area contributed by atoms with Crippen LogP contribution in [-0.4, -0.2) is 53.4 Å². The molecule has 0 unspecified atom stereocenters. The summed E-state index contributed by atoms with van der Waals surface area (Å²) in [6.45, 7) is 7.27. The third kappa shape index (κ3) is 4.34. The first kappa shape index (κ1) is 21.8. The molecular weight excluding hydrogens is 394 g/mol. The van der Waals surface area contributed by atoms with Gasteiger partial charge in [-0.15, -0.1) is 0 Å². The minimum absolute atomic E-state index is 0.103. The molecule has 2 atom stereocenters. The van der Waals surface area contributed by atoms with Crippen molar-refractivity contribution in [3.8, 4) is 17.6 Å². The normalized spacial score (nSPS) is 25.8. The van der Waals surface area contributed by atoms with Crippen LogP contribution >= 0.6 is 0 Å². The minimum Gasteiger partial charge on any atom is -0.497 e. The number of benzene rings is 1. The molecule has 0 spiro atoms. The summed E-state index contributed by atoms with van der Waals surface area (Å²) < 4.78 is 16.7. The third-order valence-corrected chi connectivity index (χ3v) is 6.57. The lowest BCUT2D eigenvalue weighted by molar-refractivity contribution is -0.150. The van der Waals surface area contributed by atoms with Gasteiger partial charge >= 0.3 is 6.01 Å². The Balaban J connectivity index is 1.60. The monoisotopic (exact) mass is 427 g/mol. The summed E-state index contributed by atoms with van der Waals surface area (Å²) in [4.78, 5) is 11.3. The van der Waals surface area contributed by atoms with Crippen LogP contribution in [0.2, 0.25) is 0 Å². The van der Waals surface area contributed by atoms with Crippen LogP contribution in [0.15, 0.2) is 30.5 Å². The molecule has 1 saturated heterocycles. The van der Waals surface area contributed by atoms with Crippen LogP contribution < -0.4 is 14.2 Å². The van der Waals surface area contributed by atoms with Crippen molar-refractivity contribution < 1.29 is 19.3 Å². The Bertz CT molecular complexity index is 877. The first-order valence-electron chi connectivity index (χ1n) is 11.3. The van der Waals surface area contributed by atoms with Gasteiger partial charge in [0.2, 0.25) is 5.88 Å². The zero-order chi connectivity index (χ0) is 21.8. The van der Waals surface area contributed by atoms with E-state index in [-0.39, 0.29) is 11.8 Å². The lowest BCUT2D eigenvalue weighted by Crippen LogP contribution is -2.58. The van der Waals surface area contributed by atoms with E-state index in [1.54, 1.807) is 13.3 Å². The van der Waals surface area contributed by atoms with Crippen molar-refractivity contribution in [1.82, 2.24) is 14.9 Å². The number of rotatable bonds is 8. The second kappa shape index (κ2) is 9.40. The number of methoxy groups -OCH3 is 1. The molecule has 1 aliphatic heterocycles. The predicted molar refractivity (Wildman–Crippen MR) is 117 cm³/mol. The lowest BCUT2D eigenvalue weighted by Gasteiger charge is -2.53. The Kier molecular flexibility index (Phi) is 6.62. The molecule has 2 fully saturated rings. The highest BCUT2D eigenvalue weighted by Crippen LogP contribution is 2.51. The third-order valence-electron chi connectivity index (χ3n) is 6.57. The van der Waals surface area contributed by atoms with Gasteiger partial charge in [0, 0.05) is 37.7 Å². The summed E-state index contributed by atoms with van der Waals surface area (Å²) in [7, 11) is 1.69. The molecule has 2 bridgehead atoms. The number of aliphatic hydroxyl groups is 1. The Morgan fingerprint density at radius 1 is 1.13 bits per heavy atom. The number of piperidine rings is 1. The van der Waals surface area contributed by atoms with Crippen molar-refractivity contribution >= 4 is 0 Å². The quantitative estimate of drug-likeness (QED) is 0.692. The topological polar surface area (TPSA) is 76.9 Å². The molecule has 2 aromatic rings. The molecule has 168 valence electrons. The van der Waals surface area contributed by atoms with Gasteiger partial charge in [-0.25, -0.2) is 4.98 Å². The van der Waals surface area contributed by atoms with Crippen LogP contribution in [-0.2, 0) is 12.1 Å². The van der Waals surface area contributed by atoms with E-state index in [2.05, 4.69) is 27.0 Å². The van der Waals surface area contributed by atoms with Gasteiger partial charge in [0.25, 0.3) is 0 Å². The summed E-state index contributed by atoms with van der Waals surface area (Å²) in [5.74, 6) is 1.53. The fourth-order valence-corrected chi connectivity index (χ4v) is 5.21. The van der Waals surface area contributed by atoms with Crippen LogP contribution in [0.4, 0.5) is 0 Å². The van der Waals surface area contributed by atoms with Gasteiger partial charge in [-0.2, -0.15) is 4.98 Å². The molecule has 1 aromatic heterocycles. The molecule has 0 radical (unpaired) electrons. The van der Waals surface area contributed by atoms with Crippen molar-refractivity contribution in [3.05, 3.63) is 41.6 Å². The molecular formula is C24H33N3O4. The van der Waals surface area contributed by atoms with E-state index in [1.807, 2.05) is 26.0 Å². The van der Waals surface area contributed by atoms with E-state index in [0.717, 1.165) is 44.6 Å². The second-order valence-electron chi connectivity index (χ2n) is 8.43. The Hall–Kier alpha value is -2.38. The van der Waals surface area contributed by atoms with Crippen molar-refractivity contribution in [2.75, 3.05) is 33.4 Å². The van der Waals surface area contributed by atoms with Gasteiger partial charge in [0.1, 0.15) is 11.4 Å². The maximum Gasteiger partial charge on any atom is 0.319 e. The van der Waals surface area contributed by atoms with E-state index in [0.29, 0.717) is 30.7 Å². The van der Waals surface area contributed by atoms with Crippen molar-refractivity contribution in [2.24, 2.45) is 11.8 Å². The number of ether oxygens (including phenoxy) is 3. The number of fused-ring (bicyclic) bond motifs is 2. The van der Waals surface area contributed by atoms with E-state index in [1.165, 1.54) is 5.56 Å². The Morgan fingerprint density at radius 2 is 1.87 bits per heavy atom. The average Bonchev–Trinajstić information content (AvgIpc) is 2.75. The Morgan fingerprint density at radius 3 is 2.55 bits per heavy atom.